The smallest absolute Gasteiger partial charge is 0.327 e. The van der Waals surface area contributed by atoms with Crippen molar-refractivity contribution in [3.63, 3.8) is 0 Å². The third-order valence-corrected chi connectivity index (χ3v) is 6.45. The van der Waals surface area contributed by atoms with E-state index in [1.165, 1.54) is 26.4 Å². The minimum absolute atomic E-state index is 0.0138. The molecule has 0 radical (unpaired) electrons. The molecule has 1 rings (SSSR count). The van der Waals surface area contributed by atoms with E-state index in [9.17, 15) is 28.8 Å². The molecule has 0 aliphatic heterocycles. The number of hydrogen-bond acceptors (Lipinski definition) is 10. The van der Waals surface area contributed by atoms with Crippen LogP contribution in [0.5, 0.6) is 0 Å². The van der Waals surface area contributed by atoms with Crippen molar-refractivity contribution in [2.45, 2.75) is 70.4 Å². The van der Waals surface area contributed by atoms with Crippen molar-refractivity contribution < 1.29 is 33.9 Å². The quantitative estimate of drug-likeness (QED) is 0.0888. The predicted octanol–water partition coefficient (Wildman–Crippen LogP) is -2.66. The van der Waals surface area contributed by atoms with Crippen LogP contribution in [0.15, 0.2) is 12.5 Å². The molecule has 0 saturated carbocycles. The number of carbonyl (C=O) groups is 6. The highest BCUT2D eigenvalue weighted by Gasteiger charge is 2.31. The molecule has 5 amide bonds. The molecule has 15 nitrogen and oxygen atoms in total. The van der Waals surface area contributed by atoms with Crippen molar-refractivity contribution in [2.75, 3.05) is 11.5 Å². The van der Waals surface area contributed by atoms with Gasteiger partial charge in [0.2, 0.25) is 29.5 Å². The first-order valence-corrected chi connectivity index (χ1v) is 13.7. The highest BCUT2D eigenvalue weighted by molar-refractivity contribution is 7.80. The van der Waals surface area contributed by atoms with Gasteiger partial charge in [-0.25, -0.2) is 9.78 Å². The zero-order valence-corrected chi connectivity index (χ0v) is 24.4. The average Bonchev–Trinajstić information content (AvgIpc) is 3.41. The molecular weight excluding hydrogens is 564 g/mol. The van der Waals surface area contributed by atoms with Crippen LogP contribution in [0.3, 0.4) is 0 Å². The molecule has 1 aromatic rings. The van der Waals surface area contributed by atoms with Gasteiger partial charge in [-0.1, -0.05) is 13.8 Å². The standard InChI is InChI=1S/C23H38N8O7S2/c1-10(2)17(22(36)30-16(8-40)23(37)38)31-19(33)12(4)28-21(35)15(5-13-6-25-9-26-13)29-18(32)11(3)27-20(34)14(24)7-39/h6,9-12,14-17,39-40H,5,7-8,24H2,1-4H3,(H,25,26)(H,27,34)(H,28,35)(H,29,32)(H,30,36)(H,31,33)(H,37,38). The average molecular weight is 603 g/mol. The van der Waals surface area contributed by atoms with Crippen molar-refractivity contribution in [2.24, 2.45) is 11.7 Å². The van der Waals surface area contributed by atoms with E-state index in [0.717, 1.165) is 0 Å². The predicted molar refractivity (Wildman–Crippen MR) is 151 cm³/mol. The maximum absolute atomic E-state index is 13.1. The molecule has 0 saturated heterocycles. The highest BCUT2D eigenvalue weighted by atomic mass is 32.1. The second kappa shape index (κ2) is 16.7. The fourth-order valence-electron chi connectivity index (χ4n) is 3.23. The van der Waals surface area contributed by atoms with Crippen LogP contribution in [0, 0.1) is 5.92 Å². The van der Waals surface area contributed by atoms with Gasteiger partial charge in [0.05, 0.1) is 12.4 Å². The summed E-state index contributed by atoms with van der Waals surface area (Å²) in [4.78, 5) is 81.3. The zero-order chi connectivity index (χ0) is 30.6. The molecule has 1 heterocycles. The second-order valence-corrected chi connectivity index (χ2v) is 10.1. The summed E-state index contributed by atoms with van der Waals surface area (Å²) in [5, 5.41) is 21.5. The summed E-state index contributed by atoms with van der Waals surface area (Å²) in [6.07, 6.45) is 2.84. The van der Waals surface area contributed by atoms with E-state index < -0.39 is 77.7 Å². The fraction of sp³-hybridized carbons (Fsp3) is 0.609. The minimum atomic E-state index is -1.28. The van der Waals surface area contributed by atoms with Crippen LogP contribution in [-0.4, -0.2) is 98.3 Å². The van der Waals surface area contributed by atoms with Gasteiger partial charge in [-0.2, -0.15) is 25.3 Å². The van der Waals surface area contributed by atoms with Gasteiger partial charge in [-0.15, -0.1) is 0 Å². The lowest BCUT2D eigenvalue weighted by Gasteiger charge is -2.26. The number of imidazole rings is 1. The van der Waals surface area contributed by atoms with Crippen molar-refractivity contribution in [1.29, 1.82) is 0 Å². The van der Waals surface area contributed by atoms with Crippen molar-refractivity contribution >= 4 is 60.8 Å². The SMILES string of the molecule is CC(NC(=O)C(N)CS)C(=O)NC(Cc1cnc[nH]1)C(=O)NC(C)C(=O)NC(C(=O)NC(CS)C(=O)O)C(C)C. The maximum atomic E-state index is 13.1. The number of nitrogens with two attached hydrogens (primary N) is 1. The van der Waals surface area contributed by atoms with E-state index in [1.54, 1.807) is 13.8 Å². The number of aromatic amines is 1. The number of carboxylic acids is 1. The lowest BCUT2D eigenvalue weighted by Crippen LogP contribution is -2.59. The number of nitrogens with one attached hydrogen (secondary N) is 6. The molecule has 40 heavy (non-hydrogen) atoms. The monoisotopic (exact) mass is 602 g/mol. The Morgan fingerprint density at radius 3 is 1.85 bits per heavy atom. The molecule has 0 fully saturated rings. The topological polar surface area (TPSA) is 237 Å². The molecule has 0 aromatic carbocycles. The molecule has 9 N–H and O–H groups in total. The molecular formula is C23H38N8O7S2. The number of carboxylic acid groups (broad SMARTS) is 1. The Kier molecular flexibility index (Phi) is 14.5. The van der Waals surface area contributed by atoms with Crippen LogP contribution in [0.1, 0.15) is 33.4 Å². The van der Waals surface area contributed by atoms with E-state index in [2.05, 4.69) is 61.8 Å². The van der Waals surface area contributed by atoms with Crippen LogP contribution in [-0.2, 0) is 35.2 Å². The zero-order valence-electron chi connectivity index (χ0n) is 22.6. The Hall–Kier alpha value is -3.31. The van der Waals surface area contributed by atoms with Gasteiger partial charge in [0.1, 0.15) is 30.2 Å². The van der Waals surface area contributed by atoms with Crippen molar-refractivity contribution in [3.05, 3.63) is 18.2 Å². The fourth-order valence-corrected chi connectivity index (χ4v) is 3.64. The summed E-state index contributed by atoms with van der Waals surface area (Å²) in [5.74, 6) is -5.20. The minimum Gasteiger partial charge on any atom is -0.480 e. The normalized spacial score (nSPS) is 15.5. The van der Waals surface area contributed by atoms with Crippen LogP contribution in [0.25, 0.3) is 0 Å². The molecule has 0 aliphatic rings. The summed E-state index contributed by atoms with van der Waals surface area (Å²) < 4.78 is 0. The number of carbonyl (C=O) groups excluding carboxylic acids is 5. The van der Waals surface area contributed by atoms with Gasteiger partial charge in [-0.3, -0.25) is 24.0 Å². The molecule has 17 heteroatoms. The molecule has 6 unspecified atom stereocenters. The summed E-state index contributed by atoms with van der Waals surface area (Å²) in [6.45, 7) is 6.11. The third-order valence-electron chi connectivity index (χ3n) is 5.69. The van der Waals surface area contributed by atoms with E-state index in [0.29, 0.717) is 5.69 Å². The lowest BCUT2D eigenvalue weighted by molar-refractivity contribution is -0.142. The Morgan fingerprint density at radius 2 is 1.38 bits per heavy atom. The van der Waals surface area contributed by atoms with Crippen LogP contribution in [0.2, 0.25) is 0 Å². The Morgan fingerprint density at radius 1 is 0.825 bits per heavy atom. The highest BCUT2D eigenvalue weighted by Crippen LogP contribution is 2.05. The number of H-pyrrole nitrogens is 1. The number of hydrogen-bond donors (Lipinski definition) is 10. The van der Waals surface area contributed by atoms with Crippen molar-refractivity contribution in [3.8, 4) is 0 Å². The number of nitrogens with zero attached hydrogens (tertiary/aromatic N) is 1. The van der Waals surface area contributed by atoms with E-state index in [1.807, 2.05) is 0 Å². The van der Waals surface area contributed by atoms with Crippen LogP contribution in [0.4, 0.5) is 0 Å². The number of rotatable bonds is 16. The van der Waals surface area contributed by atoms with Gasteiger partial charge in [0.25, 0.3) is 0 Å². The van der Waals surface area contributed by atoms with E-state index in [4.69, 9.17) is 10.8 Å². The summed E-state index contributed by atoms with van der Waals surface area (Å²) in [6, 6.07) is -6.62. The first-order chi connectivity index (χ1) is 18.7. The third kappa shape index (κ3) is 11.1. The molecule has 1 aromatic heterocycles. The van der Waals surface area contributed by atoms with E-state index in [-0.39, 0.29) is 17.9 Å². The number of amides is 5. The van der Waals surface area contributed by atoms with Gasteiger partial charge in [0, 0.05) is 29.8 Å². The molecule has 224 valence electrons. The Balaban J connectivity index is 2.93. The van der Waals surface area contributed by atoms with Gasteiger partial charge < -0.3 is 42.4 Å². The van der Waals surface area contributed by atoms with Gasteiger partial charge >= 0.3 is 5.97 Å². The van der Waals surface area contributed by atoms with E-state index >= 15 is 0 Å². The summed E-state index contributed by atoms with van der Waals surface area (Å²) in [5.41, 5.74) is 6.13. The summed E-state index contributed by atoms with van der Waals surface area (Å²) >= 11 is 7.86. The Bertz CT molecular complexity index is 1040. The van der Waals surface area contributed by atoms with Crippen molar-refractivity contribution in [1.82, 2.24) is 36.6 Å². The summed E-state index contributed by atoms with van der Waals surface area (Å²) in [7, 11) is 0. The first kappa shape index (κ1) is 34.7. The number of aromatic nitrogens is 2. The lowest BCUT2D eigenvalue weighted by atomic mass is 10.0. The molecule has 0 spiro atoms. The van der Waals surface area contributed by atoms with Crippen LogP contribution >= 0.6 is 25.3 Å². The van der Waals surface area contributed by atoms with Crippen LogP contribution < -0.4 is 32.3 Å². The van der Waals surface area contributed by atoms with Gasteiger partial charge in [-0.05, 0) is 19.8 Å². The Labute approximate surface area is 242 Å². The largest absolute Gasteiger partial charge is 0.480 e. The number of aliphatic carboxylic acids is 1. The molecule has 6 atom stereocenters. The maximum Gasteiger partial charge on any atom is 0.327 e. The molecule has 0 bridgehead atoms. The number of thiol groups is 2. The second-order valence-electron chi connectivity index (χ2n) is 9.40. The molecule has 0 aliphatic carbocycles. The first-order valence-electron chi connectivity index (χ1n) is 12.4. The van der Waals surface area contributed by atoms with Gasteiger partial charge in [0.15, 0.2) is 0 Å².